The summed E-state index contributed by atoms with van der Waals surface area (Å²) in [5.41, 5.74) is 0. The van der Waals surface area contributed by atoms with Crippen molar-refractivity contribution in [3.05, 3.63) is 22.4 Å². The minimum Gasteiger partial charge on any atom is -0.349 e. The Hall–Kier alpha value is -0.900. The Kier molecular flexibility index (Phi) is 3.04. The Labute approximate surface area is 68.0 Å². The van der Waals surface area contributed by atoms with Gasteiger partial charge < -0.3 is 5.32 Å². The Morgan fingerprint density at radius 1 is 1.73 bits per heavy atom. The molecule has 0 radical (unpaired) electrons. The lowest BCUT2D eigenvalue weighted by molar-refractivity contribution is -0.122. The molecule has 11 heavy (non-hydrogen) atoms. The summed E-state index contributed by atoms with van der Waals surface area (Å²) in [5, 5.41) is 4.34. The lowest BCUT2D eigenvalue weighted by Gasteiger charge is -1.97. The molecule has 0 spiro atoms. The van der Waals surface area contributed by atoms with Crippen molar-refractivity contribution in [2.45, 2.75) is 6.54 Å². The Morgan fingerprint density at radius 3 is 3.09 bits per heavy atom. The molecule has 0 bridgehead atoms. The number of rotatable bonds is 3. The van der Waals surface area contributed by atoms with Gasteiger partial charge in [0, 0.05) is 4.88 Å². The summed E-state index contributed by atoms with van der Waals surface area (Å²) in [5.74, 6) is -0.557. The predicted octanol–water partition coefficient (Wildman–Crippen LogP) is 1.33. The second kappa shape index (κ2) is 4.08. The van der Waals surface area contributed by atoms with Crippen LogP contribution in [0.3, 0.4) is 0 Å². The fourth-order valence-corrected chi connectivity index (χ4v) is 1.29. The molecule has 0 unspecified atom stereocenters. The molecular formula is C7H8FNOS. The number of halogens is 1. The van der Waals surface area contributed by atoms with Crippen LogP contribution >= 0.6 is 11.3 Å². The van der Waals surface area contributed by atoms with Gasteiger partial charge in [0.1, 0.15) is 0 Å². The van der Waals surface area contributed by atoms with Crippen LogP contribution in [0.4, 0.5) is 4.39 Å². The normalized spacial score (nSPS) is 9.55. The highest BCUT2D eigenvalue weighted by Gasteiger charge is 1.98. The molecule has 60 valence electrons. The van der Waals surface area contributed by atoms with Crippen molar-refractivity contribution in [2.24, 2.45) is 0 Å². The van der Waals surface area contributed by atoms with Crippen LogP contribution in [0.5, 0.6) is 0 Å². The largest absolute Gasteiger partial charge is 0.349 e. The summed E-state index contributed by atoms with van der Waals surface area (Å²) in [4.78, 5) is 11.5. The molecule has 0 saturated carbocycles. The van der Waals surface area contributed by atoms with Crippen molar-refractivity contribution >= 4 is 17.2 Å². The highest BCUT2D eigenvalue weighted by atomic mass is 32.1. The molecule has 1 amide bonds. The van der Waals surface area contributed by atoms with Gasteiger partial charge in [-0.3, -0.25) is 4.79 Å². The molecule has 0 atom stereocenters. The van der Waals surface area contributed by atoms with E-state index < -0.39 is 12.6 Å². The van der Waals surface area contributed by atoms with Crippen molar-refractivity contribution in [2.75, 3.05) is 6.67 Å². The minimum atomic E-state index is -0.939. The first-order chi connectivity index (χ1) is 5.33. The van der Waals surface area contributed by atoms with E-state index in [-0.39, 0.29) is 0 Å². The molecule has 4 heteroatoms. The lowest BCUT2D eigenvalue weighted by Crippen LogP contribution is -2.23. The Balaban J connectivity index is 2.29. The van der Waals surface area contributed by atoms with Crippen molar-refractivity contribution in [1.82, 2.24) is 5.32 Å². The van der Waals surface area contributed by atoms with E-state index >= 15 is 0 Å². The van der Waals surface area contributed by atoms with Gasteiger partial charge in [-0.15, -0.1) is 11.3 Å². The first-order valence-electron chi connectivity index (χ1n) is 3.18. The molecule has 0 aliphatic rings. The zero-order valence-corrected chi connectivity index (χ0v) is 6.66. The summed E-state index contributed by atoms with van der Waals surface area (Å²) >= 11 is 1.54. The monoisotopic (exact) mass is 173 g/mol. The molecule has 1 heterocycles. The molecule has 1 rings (SSSR count). The summed E-state index contributed by atoms with van der Waals surface area (Å²) in [6.07, 6.45) is 0. The van der Waals surface area contributed by atoms with E-state index in [2.05, 4.69) is 5.32 Å². The Morgan fingerprint density at radius 2 is 2.55 bits per heavy atom. The standard InChI is InChI=1S/C7H8FNOS/c8-4-7(10)9-5-6-2-1-3-11-6/h1-3H,4-5H2,(H,9,10). The average Bonchev–Trinajstić information content (AvgIpc) is 2.52. The van der Waals surface area contributed by atoms with E-state index in [0.29, 0.717) is 6.54 Å². The van der Waals surface area contributed by atoms with Crippen molar-refractivity contribution < 1.29 is 9.18 Å². The SMILES string of the molecule is O=C(CF)NCc1cccs1. The van der Waals surface area contributed by atoms with Crippen LogP contribution in [-0.4, -0.2) is 12.6 Å². The Bertz CT molecular complexity index is 222. The molecule has 2 nitrogen and oxygen atoms in total. The average molecular weight is 173 g/mol. The van der Waals surface area contributed by atoms with Crippen molar-refractivity contribution in [1.29, 1.82) is 0 Å². The van der Waals surface area contributed by atoms with Gasteiger partial charge in [-0.25, -0.2) is 4.39 Å². The second-order valence-corrected chi connectivity index (χ2v) is 3.02. The maximum atomic E-state index is 11.6. The predicted molar refractivity (Wildman–Crippen MR) is 42.1 cm³/mol. The van der Waals surface area contributed by atoms with Crippen LogP contribution in [-0.2, 0) is 11.3 Å². The van der Waals surface area contributed by atoms with Gasteiger partial charge in [0.05, 0.1) is 6.54 Å². The van der Waals surface area contributed by atoms with E-state index in [1.807, 2.05) is 17.5 Å². The molecule has 0 fully saturated rings. The van der Waals surface area contributed by atoms with E-state index in [1.54, 1.807) is 0 Å². The first kappa shape index (κ1) is 8.20. The number of hydrogen-bond donors (Lipinski definition) is 1. The molecule has 0 aliphatic heterocycles. The quantitative estimate of drug-likeness (QED) is 0.734. The number of nitrogens with one attached hydrogen (secondary N) is 1. The highest BCUT2D eigenvalue weighted by molar-refractivity contribution is 7.09. The highest BCUT2D eigenvalue weighted by Crippen LogP contribution is 2.06. The van der Waals surface area contributed by atoms with E-state index in [1.165, 1.54) is 11.3 Å². The van der Waals surface area contributed by atoms with Crippen LogP contribution in [0.1, 0.15) is 4.88 Å². The topological polar surface area (TPSA) is 29.1 Å². The first-order valence-corrected chi connectivity index (χ1v) is 4.06. The summed E-state index contributed by atoms with van der Waals surface area (Å²) < 4.78 is 11.6. The number of thiophene rings is 1. The van der Waals surface area contributed by atoms with Crippen LogP contribution < -0.4 is 5.32 Å². The number of hydrogen-bond acceptors (Lipinski definition) is 2. The smallest absolute Gasteiger partial charge is 0.251 e. The molecular weight excluding hydrogens is 165 g/mol. The third-order valence-corrected chi connectivity index (χ3v) is 2.04. The maximum Gasteiger partial charge on any atom is 0.251 e. The molecule has 1 aromatic rings. The van der Waals surface area contributed by atoms with Crippen molar-refractivity contribution in [3.8, 4) is 0 Å². The van der Waals surface area contributed by atoms with Gasteiger partial charge in [-0.1, -0.05) is 6.07 Å². The fraction of sp³-hybridized carbons (Fsp3) is 0.286. The third kappa shape index (κ3) is 2.67. The minimum absolute atomic E-state index is 0.431. The summed E-state index contributed by atoms with van der Waals surface area (Å²) in [6.45, 7) is -0.508. The van der Waals surface area contributed by atoms with E-state index in [0.717, 1.165) is 4.88 Å². The van der Waals surface area contributed by atoms with Crippen LogP contribution in [0.2, 0.25) is 0 Å². The maximum absolute atomic E-state index is 11.6. The third-order valence-electron chi connectivity index (χ3n) is 1.16. The number of amides is 1. The number of carbonyl (C=O) groups is 1. The zero-order valence-electron chi connectivity index (χ0n) is 5.84. The van der Waals surface area contributed by atoms with Gasteiger partial charge in [-0.2, -0.15) is 0 Å². The van der Waals surface area contributed by atoms with Crippen LogP contribution in [0.15, 0.2) is 17.5 Å². The summed E-state index contributed by atoms with van der Waals surface area (Å²) in [7, 11) is 0. The van der Waals surface area contributed by atoms with Gasteiger partial charge in [-0.05, 0) is 11.4 Å². The van der Waals surface area contributed by atoms with Gasteiger partial charge in [0.2, 0.25) is 0 Å². The van der Waals surface area contributed by atoms with Gasteiger partial charge in [0.25, 0.3) is 5.91 Å². The van der Waals surface area contributed by atoms with Gasteiger partial charge >= 0.3 is 0 Å². The zero-order chi connectivity index (χ0) is 8.10. The number of carbonyl (C=O) groups excluding carboxylic acids is 1. The van der Waals surface area contributed by atoms with E-state index in [4.69, 9.17) is 0 Å². The molecule has 0 saturated heterocycles. The van der Waals surface area contributed by atoms with Crippen LogP contribution in [0.25, 0.3) is 0 Å². The van der Waals surface area contributed by atoms with Crippen LogP contribution in [0, 0.1) is 0 Å². The second-order valence-electron chi connectivity index (χ2n) is 1.99. The lowest BCUT2D eigenvalue weighted by atomic mass is 10.4. The molecule has 0 aromatic carbocycles. The van der Waals surface area contributed by atoms with Crippen molar-refractivity contribution in [3.63, 3.8) is 0 Å². The fourth-order valence-electron chi connectivity index (χ4n) is 0.646. The molecule has 1 aromatic heterocycles. The molecule has 0 aliphatic carbocycles. The molecule has 1 N–H and O–H groups in total. The summed E-state index contributed by atoms with van der Waals surface area (Å²) in [6, 6.07) is 3.78. The van der Waals surface area contributed by atoms with E-state index in [9.17, 15) is 9.18 Å². The van der Waals surface area contributed by atoms with Gasteiger partial charge in [0.15, 0.2) is 6.67 Å². The number of alkyl halides is 1.